The zero-order valence-electron chi connectivity index (χ0n) is 10.4. The van der Waals surface area contributed by atoms with Crippen LogP contribution in [0, 0.1) is 0 Å². The molecule has 6 heteroatoms. The van der Waals surface area contributed by atoms with Gasteiger partial charge >= 0.3 is 0 Å². The van der Waals surface area contributed by atoms with E-state index in [1.54, 1.807) is 30.3 Å². The van der Waals surface area contributed by atoms with E-state index in [0.717, 1.165) is 5.82 Å². The second-order valence-corrected chi connectivity index (χ2v) is 4.09. The zero-order chi connectivity index (χ0) is 13.1. The molecule has 2 aromatic heterocycles. The molecule has 0 saturated carbocycles. The summed E-state index contributed by atoms with van der Waals surface area (Å²) in [5.41, 5.74) is 6.00. The minimum Gasteiger partial charge on any atom is -0.384 e. The van der Waals surface area contributed by atoms with Crippen LogP contribution in [0.15, 0.2) is 30.7 Å². The Morgan fingerprint density at radius 1 is 1.44 bits per heavy atom. The van der Waals surface area contributed by atoms with Crippen LogP contribution in [0.3, 0.4) is 0 Å². The highest BCUT2D eigenvalue weighted by atomic mass is 16.2. The lowest BCUT2D eigenvalue weighted by molar-refractivity contribution is 0.0780. The minimum atomic E-state index is -0.106. The third-order valence-corrected chi connectivity index (χ3v) is 2.68. The van der Waals surface area contributed by atoms with E-state index in [1.807, 2.05) is 17.8 Å². The Morgan fingerprint density at radius 2 is 2.22 bits per heavy atom. The van der Waals surface area contributed by atoms with Gasteiger partial charge in [0.2, 0.25) is 0 Å². The number of anilines is 1. The van der Waals surface area contributed by atoms with Gasteiger partial charge in [0.15, 0.2) is 0 Å². The fourth-order valence-electron chi connectivity index (χ4n) is 1.58. The monoisotopic (exact) mass is 245 g/mol. The molecule has 2 heterocycles. The predicted molar refractivity (Wildman–Crippen MR) is 67.7 cm³/mol. The average molecular weight is 245 g/mol. The number of rotatable bonds is 3. The van der Waals surface area contributed by atoms with Gasteiger partial charge in [-0.1, -0.05) is 0 Å². The normalized spacial score (nSPS) is 10.3. The van der Waals surface area contributed by atoms with E-state index in [-0.39, 0.29) is 5.91 Å². The van der Waals surface area contributed by atoms with Crippen LogP contribution in [-0.4, -0.2) is 32.4 Å². The summed E-state index contributed by atoms with van der Waals surface area (Å²) in [6.07, 6.45) is 5.03. The number of carbonyl (C=O) groups is 1. The molecule has 1 amide bonds. The van der Waals surface area contributed by atoms with Crippen molar-refractivity contribution in [1.82, 2.24) is 19.4 Å². The van der Waals surface area contributed by atoms with E-state index in [9.17, 15) is 4.79 Å². The Balaban J connectivity index is 2.09. The largest absolute Gasteiger partial charge is 0.384 e. The topological polar surface area (TPSA) is 77.0 Å². The van der Waals surface area contributed by atoms with Crippen LogP contribution in [0.2, 0.25) is 0 Å². The van der Waals surface area contributed by atoms with E-state index in [4.69, 9.17) is 5.73 Å². The molecule has 0 aliphatic rings. The summed E-state index contributed by atoms with van der Waals surface area (Å²) in [4.78, 5) is 21.8. The molecule has 0 unspecified atom stereocenters. The first kappa shape index (κ1) is 12.1. The van der Waals surface area contributed by atoms with Crippen LogP contribution in [-0.2, 0) is 13.6 Å². The van der Waals surface area contributed by atoms with Gasteiger partial charge in [0.1, 0.15) is 11.6 Å². The number of nitrogens with zero attached hydrogens (tertiary/aromatic N) is 4. The van der Waals surface area contributed by atoms with Crippen molar-refractivity contribution >= 4 is 11.7 Å². The second kappa shape index (κ2) is 4.87. The molecule has 2 N–H and O–H groups in total. The van der Waals surface area contributed by atoms with Crippen LogP contribution < -0.4 is 5.73 Å². The van der Waals surface area contributed by atoms with Crippen LogP contribution in [0.1, 0.15) is 16.2 Å². The number of aromatic nitrogens is 3. The average Bonchev–Trinajstić information content (AvgIpc) is 2.75. The zero-order valence-corrected chi connectivity index (χ0v) is 10.4. The molecule has 6 nitrogen and oxygen atoms in total. The van der Waals surface area contributed by atoms with Gasteiger partial charge in [0.25, 0.3) is 5.91 Å². The molecule has 0 fully saturated rings. The summed E-state index contributed by atoms with van der Waals surface area (Å²) >= 11 is 0. The number of aryl methyl sites for hydroxylation is 1. The van der Waals surface area contributed by atoms with E-state index >= 15 is 0 Å². The molecule has 0 saturated heterocycles. The van der Waals surface area contributed by atoms with Gasteiger partial charge in [0.05, 0.1) is 12.1 Å². The fraction of sp³-hybridized carbons (Fsp3) is 0.250. The number of nitrogen functional groups attached to an aromatic ring is 1. The van der Waals surface area contributed by atoms with Crippen molar-refractivity contribution in [3.05, 3.63) is 42.1 Å². The predicted octanol–water partition coefficient (Wildman–Crippen LogP) is 0.669. The first-order valence-electron chi connectivity index (χ1n) is 5.51. The Hall–Kier alpha value is -2.37. The van der Waals surface area contributed by atoms with Gasteiger partial charge in [-0.15, -0.1) is 0 Å². The summed E-state index contributed by atoms with van der Waals surface area (Å²) in [7, 11) is 3.62. The highest BCUT2D eigenvalue weighted by molar-refractivity contribution is 5.93. The lowest BCUT2D eigenvalue weighted by atomic mass is 10.2. The molecule has 2 aromatic rings. The Labute approximate surface area is 105 Å². The third-order valence-electron chi connectivity index (χ3n) is 2.68. The van der Waals surface area contributed by atoms with Gasteiger partial charge in [0, 0.05) is 32.7 Å². The smallest absolute Gasteiger partial charge is 0.255 e. The van der Waals surface area contributed by atoms with Crippen molar-refractivity contribution in [2.45, 2.75) is 6.54 Å². The van der Waals surface area contributed by atoms with Gasteiger partial charge in [-0.2, -0.15) is 0 Å². The first-order valence-corrected chi connectivity index (χ1v) is 5.51. The van der Waals surface area contributed by atoms with Crippen LogP contribution in [0.25, 0.3) is 0 Å². The number of pyridine rings is 1. The number of hydrogen-bond donors (Lipinski definition) is 1. The molecule has 2 rings (SSSR count). The van der Waals surface area contributed by atoms with Gasteiger partial charge in [-0.3, -0.25) is 4.79 Å². The van der Waals surface area contributed by atoms with Crippen LogP contribution >= 0.6 is 0 Å². The summed E-state index contributed by atoms with van der Waals surface area (Å²) in [5, 5.41) is 0. The molecule has 18 heavy (non-hydrogen) atoms. The molecule has 0 radical (unpaired) electrons. The Bertz CT molecular complexity index is 546. The summed E-state index contributed by atoms with van der Waals surface area (Å²) < 4.78 is 1.88. The van der Waals surface area contributed by atoms with E-state index < -0.39 is 0 Å². The highest BCUT2D eigenvalue weighted by Crippen LogP contribution is 2.07. The lowest BCUT2D eigenvalue weighted by Gasteiger charge is -2.16. The van der Waals surface area contributed by atoms with Crippen LogP contribution in [0.5, 0.6) is 0 Å². The SMILES string of the molecule is CN(Cc1nccn1C)C(=O)c1ccc(N)nc1. The maximum absolute atomic E-state index is 12.1. The molecule has 0 bridgehead atoms. The van der Waals surface area contributed by atoms with Crippen molar-refractivity contribution in [3.63, 3.8) is 0 Å². The minimum absolute atomic E-state index is 0.106. The quantitative estimate of drug-likeness (QED) is 0.862. The summed E-state index contributed by atoms with van der Waals surface area (Å²) in [6, 6.07) is 3.28. The van der Waals surface area contributed by atoms with E-state index in [2.05, 4.69) is 9.97 Å². The van der Waals surface area contributed by atoms with Crippen molar-refractivity contribution in [2.24, 2.45) is 7.05 Å². The maximum Gasteiger partial charge on any atom is 0.255 e. The van der Waals surface area contributed by atoms with Crippen molar-refractivity contribution < 1.29 is 4.79 Å². The van der Waals surface area contributed by atoms with Crippen LogP contribution in [0.4, 0.5) is 5.82 Å². The maximum atomic E-state index is 12.1. The number of nitrogens with two attached hydrogens (primary N) is 1. The lowest BCUT2D eigenvalue weighted by Crippen LogP contribution is -2.27. The van der Waals surface area contributed by atoms with Gasteiger partial charge < -0.3 is 15.2 Å². The van der Waals surface area contributed by atoms with E-state index in [1.165, 1.54) is 6.20 Å². The second-order valence-electron chi connectivity index (χ2n) is 4.09. The van der Waals surface area contributed by atoms with Gasteiger partial charge in [-0.05, 0) is 12.1 Å². The number of amides is 1. The molecule has 94 valence electrons. The highest BCUT2D eigenvalue weighted by Gasteiger charge is 2.13. The molecule has 0 aliphatic heterocycles. The Kier molecular flexibility index (Phi) is 3.27. The molecular formula is C12H15N5O. The van der Waals surface area contributed by atoms with Crippen molar-refractivity contribution in [1.29, 1.82) is 0 Å². The van der Waals surface area contributed by atoms with Crippen molar-refractivity contribution in [3.8, 4) is 0 Å². The molecule has 0 atom stereocenters. The number of imidazole rings is 1. The van der Waals surface area contributed by atoms with Crippen molar-refractivity contribution in [2.75, 3.05) is 12.8 Å². The van der Waals surface area contributed by atoms with E-state index in [0.29, 0.717) is 17.9 Å². The fourth-order valence-corrected chi connectivity index (χ4v) is 1.58. The number of carbonyl (C=O) groups excluding carboxylic acids is 1. The first-order chi connectivity index (χ1) is 8.58. The molecule has 0 aliphatic carbocycles. The van der Waals surface area contributed by atoms with Gasteiger partial charge in [-0.25, -0.2) is 9.97 Å². The summed E-state index contributed by atoms with van der Waals surface area (Å²) in [5.74, 6) is 1.12. The Morgan fingerprint density at radius 3 is 2.78 bits per heavy atom. The molecule has 0 aromatic carbocycles. The summed E-state index contributed by atoms with van der Waals surface area (Å²) in [6.45, 7) is 0.451. The molecule has 0 spiro atoms. The third kappa shape index (κ3) is 2.48. The number of hydrogen-bond acceptors (Lipinski definition) is 4. The molecular weight excluding hydrogens is 230 g/mol. The standard InChI is InChI=1S/C12H15N5O/c1-16-6-5-14-11(16)8-17(2)12(18)9-3-4-10(13)15-7-9/h3-7H,8H2,1-2H3,(H2,13,15).